The molecule has 1 aromatic carbocycles. The van der Waals surface area contributed by atoms with Crippen LogP contribution < -0.4 is 10.1 Å². The summed E-state index contributed by atoms with van der Waals surface area (Å²) in [5, 5.41) is 43.1. The lowest BCUT2D eigenvalue weighted by Gasteiger charge is -2.39. The Morgan fingerprint density at radius 2 is 1.95 bits per heavy atom. The van der Waals surface area contributed by atoms with E-state index in [1.165, 1.54) is 32.2 Å². The topological polar surface area (TPSA) is 134 Å². The van der Waals surface area contributed by atoms with E-state index in [9.17, 15) is 25.4 Å². The van der Waals surface area contributed by atoms with Crippen molar-refractivity contribution >= 4 is 11.4 Å². The third-order valence-electron chi connectivity index (χ3n) is 3.55. The van der Waals surface area contributed by atoms with E-state index in [-0.39, 0.29) is 11.4 Å². The zero-order valence-electron chi connectivity index (χ0n) is 12.0. The molecule has 122 valence electrons. The van der Waals surface area contributed by atoms with E-state index < -0.39 is 35.6 Å². The van der Waals surface area contributed by atoms with Gasteiger partial charge in [0, 0.05) is 0 Å². The van der Waals surface area contributed by atoms with Crippen molar-refractivity contribution in [1.82, 2.24) is 0 Å². The molecule has 0 radical (unpaired) electrons. The molecule has 0 unspecified atom stereocenters. The fourth-order valence-electron chi connectivity index (χ4n) is 2.24. The van der Waals surface area contributed by atoms with Gasteiger partial charge in [-0.05, 0) is 19.1 Å². The molecular weight excluding hydrogens is 296 g/mol. The number of rotatable bonds is 4. The van der Waals surface area contributed by atoms with Gasteiger partial charge in [-0.15, -0.1) is 0 Å². The number of anilines is 1. The van der Waals surface area contributed by atoms with Gasteiger partial charge in [0.15, 0.2) is 6.23 Å². The highest BCUT2D eigenvalue weighted by Crippen LogP contribution is 2.31. The van der Waals surface area contributed by atoms with Crippen molar-refractivity contribution in [3.8, 4) is 5.75 Å². The molecular formula is C13H18N2O7. The van der Waals surface area contributed by atoms with Crippen molar-refractivity contribution < 1.29 is 29.7 Å². The van der Waals surface area contributed by atoms with Crippen LogP contribution in [0.15, 0.2) is 18.2 Å². The average molecular weight is 314 g/mol. The van der Waals surface area contributed by atoms with Gasteiger partial charge in [0.25, 0.3) is 5.69 Å². The molecule has 0 aliphatic carbocycles. The highest BCUT2D eigenvalue weighted by Gasteiger charge is 2.42. The number of hydrogen-bond donors (Lipinski definition) is 4. The van der Waals surface area contributed by atoms with Crippen molar-refractivity contribution in [2.24, 2.45) is 0 Å². The molecule has 9 heteroatoms. The van der Waals surface area contributed by atoms with Gasteiger partial charge in [-0.3, -0.25) is 10.1 Å². The standard InChI is InChI=1S/C13H18N2O7/c1-6-10(16)11(17)12(18)13(22-6)14-8-4-3-7(21-2)5-9(8)15(19)20/h3-6,10-14,16-18H,1-2H3/t6-,10+,11-,12-,13+/m0/s1. The first kappa shape index (κ1) is 16.4. The number of benzene rings is 1. The normalized spacial score (nSPS) is 31.6. The molecule has 1 fully saturated rings. The van der Waals surface area contributed by atoms with Crippen molar-refractivity contribution in [2.75, 3.05) is 12.4 Å². The van der Waals surface area contributed by atoms with Crippen molar-refractivity contribution in [2.45, 2.75) is 37.6 Å². The lowest BCUT2D eigenvalue weighted by Crippen LogP contribution is -2.58. The summed E-state index contributed by atoms with van der Waals surface area (Å²) < 4.78 is 10.3. The fraction of sp³-hybridized carbons (Fsp3) is 0.538. The van der Waals surface area contributed by atoms with Crippen LogP contribution in [0.4, 0.5) is 11.4 Å². The Labute approximate surface area is 126 Å². The summed E-state index contributed by atoms with van der Waals surface area (Å²) >= 11 is 0. The zero-order valence-corrected chi connectivity index (χ0v) is 12.0. The summed E-state index contributed by atoms with van der Waals surface area (Å²) in [6.45, 7) is 1.52. The lowest BCUT2D eigenvalue weighted by molar-refractivity contribution is -0.384. The summed E-state index contributed by atoms with van der Waals surface area (Å²) in [6, 6.07) is 4.15. The van der Waals surface area contributed by atoms with Crippen LogP contribution in [-0.2, 0) is 4.74 Å². The number of hydrogen-bond acceptors (Lipinski definition) is 8. The summed E-state index contributed by atoms with van der Waals surface area (Å²) in [7, 11) is 1.39. The zero-order chi connectivity index (χ0) is 16.4. The van der Waals surface area contributed by atoms with E-state index in [0.717, 1.165) is 0 Å². The molecule has 4 N–H and O–H groups in total. The Kier molecular flexibility index (Phi) is 4.81. The van der Waals surface area contributed by atoms with Gasteiger partial charge in [-0.2, -0.15) is 0 Å². The highest BCUT2D eigenvalue weighted by atomic mass is 16.6. The van der Waals surface area contributed by atoms with E-state index in [4.69, 9.17) is 9.47 Å². The molecule has 5 atom stereocenters. The van der Waals surface area contributed by atoms with E-state index >= 15 is 0 Å². The van der Waals surface area contributed by atoms with E-state index in [1.54, 1.807) is 0 Å². The van der Waals surface area contributed by atoms with Crippen molar-refractivity contribution in [3.63, 3.8) is 0 Å². The summed E-state index contributed by atoms with van der Waals surface area (Å²) in [5.74, 6) is 0.311. The first-order valence-electron chi connectivity index (χ1n) is 6.63. The molecule has 0 saturated carbocycles. The van der Waals surface area contributed by atoms with Crippen molar-refractivity contribution in [1.29, 1.82) is 0 Å². The number of nitrogens with zero attached hydrogens (tertiary/aromatic N) is 1. The Bertz CT molecular complexity index is 553. The van der Waals surface area contributed by atoms with Gasteiger partial charge in [-0.1, -0.05) is 0 Å². The molecule has 0 amide bonds. The maximum atomic E-state index is 11.1. The average Bonchev–Trinajstić information content (AvgIpc) is 2.50. The minimum Gasteiger partial charge on any atom is -0.496 e. The molecule has 1 heterocycles. The van der Waals surface area contributed by atoms with Gasteiger partial charge in [0.1, 0.15) is 29.7 Å². The second-order valence-corrected chi connectivity index (χ2v) is 5.02. The van der Waals surface area contributed by atoms with Crippen LogP contribution in [0.25, 0.3) is 0 Å². The van der Waals surface area contributed by atoms with Crippen LogP contribution in [-0.4, -0.2) is 58.0 Å². The van der Waals surface area contributed by atoms with Crippen molar-refractivity contribution in [3.05, 3.63) is 28.3 Å². The highest BCUT2D eigenvalue weighted by molar-refractivity contribution is 5.64. The second kappa shape index (κ2) is 6.44. The number of nitrogens with one attached hydrogen (secondary N) is 1. The second-order valence-electron chi connectivity index (χ2n) is 5.02. The van der Waals surface area contributed by atoms with Gasteiger partial charge in [0.05, 0.1) is 24.2 Å². The van der Waals surface area contributed by atoms with Crippen LogP contribution in [0, 0.1) is 10.1 Å². The quantitative estimate of drug-likeness (QED) is 0.445. The maximum absolute atomic E-state index is 11.1. The molecule has 9 nitrogen and oxygen atoms in total. The van der Waals surface area contributed by atoms with Gasteiger partial charge in [-0.25, -0.2) is 0 Å². The molecule has 0 bridgehead atoms. The minimum absolute atomic E-state index is 0.102. The number of nitro benzene ring substituents is 1. The number of aliphatic hydroxyl groups excluding tert-OH is 3. The number of aliphatic hydroxyl groups is 3. The maximum Gasteiger partial charge on any atom is 0.296 e. The summed E-state index contributed by atoms with van der Waals surface area (Å²) in [6.07, 6.45) is -5.93. The number of nitro groups is 1. The fourth-order valence-corrected chi connectivity index (χ4v) is 2.24. The smallest absolute Gasteiger partial charge is 0.296 e. The van der Waals surface area contributed by atoms with E-state index in [2.05, 4.69) is 5.32 Å². The van der Waals surface area contributed by atoms with Gasteiger partial charge >= 0.3 is 0 Å². The van der Waals surface area contributed by atoms with E-state index in [1.807, 2.05) is 0 Å². The first-order chi connectivity index (χ1) is 10.3. The van der Waals surface area contributed by atoms with Crippen LogP contribution >= 0.6 is 0 Å². The Hall–Kier alpha value is -1.94. The van der Waals surface area contributed by atoms with Gasteiger partial charge in [0.2, 0.25) is 0 Å². The van der Waals surface area contributed by atoms with Crippen LogP contribution in [0.1, 0.15) is 6.92 Å². The summed E-state index contributed by atoms with van der Waals surface area (Å²) in [5.41, 5.74) is -0.158. The monoisotopic (exact) mass is 314 g/mol. The molecule has 1 aliphatic heterocycles. The first-order valence-corrected chi connectivity index (χ1v) is 6.63. The Morgan fingerprint density at radius 1 is 1.27 bits per heavy atom. The predicted octanol–water partition coefficient (Wildman–Crippen LogP) is -0.157. The molecule has 22 heavy (non-hydrogen) atoms. The predicted molar refractivity (Wildman–Crippen MR) is 75.6 cm³/mol. The number of ether oxygens (including phenoxy) is 2. The minimum atomic E-state index is -1.44. The third kappa shape index (κ3) is 3.12. The summed E-state index contributed by atoms with van der Waals surface area (Å²) in [4.78, 5) is 10.5. The van der Waals surface area contributed by atoms with E-state index in [0.29, 0.717) is 5.75 Å². The Balaban J connectivity index is 2.24. The third-order valence-corrected chi connectivity index (χ3v) is 3.55. The van der Waals surface area contributed by atoms with Gasteiger partial charge < -0.3 is 30.1 Å². The molecule has 0 aromatic heterocycles. The van der Waals surface area contributed by atoms with Crippen LogP contribution in [0.3, 0.4) is 0 Å². The lowest BCUT2D eigenvalue weighted by atomic mass is 9.99. The Morgan fingerprint density at radius 3 is 2.55 bits per heavy atom. The molecule has 1 aliphatic rings. The van der Waals surface area contributed by atoms with Crippen LogP contribution in [0.2, 0.25) is 0 Å². The van der Waals surface area contributed by atoms with Crippen LogP contribution in [0.5, 0.6) is 5.75 Å². The molecule has 1 saturated heterocycles. The molecule has 0 spiro atoms. The largest absolute Gasteiger partial charge is 0.496 e. The SMILES string of the molecule is COc1ccc(N[C@@H]2O[C@@H](C)[C@@H](O)[C@H](O)[C@@H]2O)c([N+](=O)[O-])c1. The molecule has 1 aromatic rings. The molecule has 2 rings (SSSR count). The number of methoxy groups -OCH3 is 1.